The van der Waals surface area contributed by atoms with Crippen molar-refractivity contribution in [2.75, 3.05) is 7.05 Å². The van der Waals surface area contributed by atoms with Gasteiger partial charge in [0, 0.05) is 9.35 Å². The fourth-order valence-corrected chi connectivity index (χ4v) is 3.96. The normalized spacial score (nSPS) is 12.7. The molecule has 96 valence electrons. The lowest BCUT2D eigenvalue weighted by atomic mass is 9.98. The second-order valence-electron chi connectivity index (χ2n) is 4.04. The van der Waals surface area contributed by atoms with Crippen LogP contribution in [0.15, 0.2) is 34.8 Å². The summed E-state index contributed by atoms with van der Waals surface area (Å²) in [6.07, 6.45) is 1.04. The molecular formula is C14H15BrClNS. The zero-order chi connectivity index (χ0) is 13.1. The summed E-state index contributed by atoms with van der Waals surface area (Å²) < 4.78 is 1.78. The molecule has 1 atom stereocenters. The van der Waals surface area contributed by atoms with Gasteiger partial charge in [0.15, 0.2) is 0 Å². The zero-order valence-electron chi connectivity index (χ0n) is 10.3. The smallest absolute Gasteiger partial charge is 0.107 e. The van der Waals surface area contributed by atoms with Crippen LogP contribution in [0.2, 0.25) is 4.34 Å². The van der Waals surface area contributed by atoms with Gasteiger partial charge in [0.1, 0.15) is 4.34 Å². The van der Waals surface area contributed by atoms with E-state index in [1.165, 1.54) is 16.0 Å². The molecule has 1 aromatic carbocycles. The lowest BCUT2D eigenvalue weighted by Crippen LogP contribution is -2.18. The third-order valence-electron chi connectivity index (χ3n) is 2.98. The van der Waals surface area contributed by atoms with Crippen molar-refractivity contribution in [2.45, 2.75) is 19.4 Å². The Labute approximate surface area is 125 Å². The van der Waals surface area contributed by atoms with E-state index >= 15 is 0 Å². The molecule has 1 nitrogen and oxygen atoms in total. The summed E-state index contributed by atoms with van der Waals surface area (Å²) in [4.78, 5) is 1.23. The number of halogens is 2. The average molecular weight is 345 g/mol. The van der Waals surface area contributed by atoms with E-state index in [1.54, 1.807) is 11.3 Å². The van der Waals surface area contributed by atoms with Gasteiger partial charge in [-0.3, -0.25) is 0 Å². The first kappa shape index (κ1) is 14.1. The molecule has 0 radical (unpaired) electrons. The molecule has 1 heterocycles. The maximum absolute atomic E-state index is 6.14. The van der Waals surface area contributed by atoms with Gasteiger partial charge in [0.05, 0.1) is 6.04 Å². The van der Waals surface area contributed by atoms with Crippen LogP contribution in [0.4, 0.5) is 0 Å². The van der Waals surface area contributed by atoms with Crippen molar-refractivity contribution in [1.82, 2.24) is 5.32 Å². The van der Waals surface area contributed by atoms with Crippen LogP contribution in [0.25, 0.3) is 0 Å². The first-order valence-electron chi connectivity index (χ1n) is 5.87. The van der Waals surface area contributed by atoms with Crippen LogP contribution in [-0.4, -0.2) is 7.05 Å². The van der Waals surface area contributed by atoms with E-state index in [0.29, 0.717) is 0 Å². The van der Waals surface area contributed by atoms with E-state index in [0.717, 1.165) is 15.2 Å². The predicted octanol–water partition coefficient (Wildman–Crippen LogP) is 5.04. The van der Waals surface area contributed by atoms with E-state index in [1.807, 2.05) is 7.05 Å². The van der Waals surface area contributed by atoms with Gasteiger partial charge in [-0.25, -0.2) is 0 Å². The first-order valence-corrected chi connectivity index (χ1v) is 7.86. The van der Waals surface area contributed by atoms with Crippen molar-refractivity contribution in [2.24, 2.45) is 0 Å². The molecule has 0 spiro atoms. The second kappa shape index (κ2) is 6.20. The molecule has 1 unspecified atom stereocenters. The fraction of sp³-hybridized carbons (Fsp3) is 0.286. The molecule has 0 bridgehead atoms. The van der Waals surface area contributed by atoms with Gasteiger partial charge in [-0.1, -0.05) is 42.8 Å². The summed E-state index contributed by atoms with van der Waals surface area (Å²) in [5, 5.41) is 3.38. The highest BCUT2D eigenvalue weighted by Crippen LogP contribution is 2.37. The lowest BCUT2D eigenvalue weighted by molar-refractivity contribution is 0.695. The van der Waals surface area contributed by atoms with E-state index in [4.69, 9.17) is 11.6 Å². The van der Waals surface area contributed by atoms with Gasteiger partial charge < -0.3 is 5.32 Å². The molecule has 0 aliphatic rings. The quantitative estimate of drug-likeness (QED) is 0.819. The van der Waals surface area contributed by atoms with Crippen molar-refractivity contribution >= 4 is 38.9 Å². The van der Waals surface area contributed by atoms with Gasteiger partial charge in [-0.05, 0) is 46.6 Å². The summed E-state index contributed by atoms with van der Waals surface area (Å²) in [6.45, 7) is 2.18. The maximum Gasteiger partial charge on any atom is 0.107 e. The van der Waals surface area contributed by atoms with Crippen molar-refractivity contribution in [3.05, 3.63) is 55.1 Å². The number of rotatable bonds is 4. The minimum Gasteiger partial charge on any atom is -0.309 e. The molecule has 0 saturated carbocycles. The molecule has 2 aromatic rings. The van der Waals surface area contributed by atoms with Gasteiger partial charge in [-0.15, -0.1) is 11.3 Å². The molecule has 1 N–H and O–H groups in total. The zero-order valence-corrected chi connectivity index (χ0v) is 13.5. The van der Waals surface area contributed by atoms with Crippen LogP contribution in [0.5, 0.6) is 0 Å². The van der Waals surface area contributed by atoms with Gasteiger partial charge in [-0.2, -0.15) is 0 Å². The Balaban J connectivity index is 2.45. The molecule has 2 rings (SSSR count). The number of aryl methyl sites for hydroxylation is 1. The van der Waals surface area contributed by atoms with Crippen molar-refractivity contribution in [3.63, 3.8) is 0 Å². The number of hydrogen-bond donors (Lipinski definition) is 1. The molecular weight excluding hydrogens is 330 g/mol. The molecule has 0 saturated heterocycles. The minimum atomic E-state index is 0.204. The minimum absolute atomic E-state index is 0.204. The molecule has 0 aliphatic heterocycles. The standard InChI is InChI=1S/C14H15BrClNS/c1-3-9-6-4-5-7-10(9)13(17-2)12-8-11(15)14(16)18-12/h4-8,13,17H,3H2,1-2H3. The number of benzene rings is 1. The van der Waals surface area contributed by atoms with E-state index in [2.05, 4.69) is 58.5 Å². The Kier molecular flexibility index (Phi) is 4.84. The predicted molar refractivity (Wildman–Crippen MR) is 83.8 cm³/mol. The second-order valence-corrected chi connectivity index (χ2v) is 6.58. The van der Waals surface area contributed by atoms with Gasteiger partial charge >= 0.3 is 0 Å². The third kappa shape index (κ3) is 2.80. The third-order valence-corrected chi connectivity index (χ3v) is 5.52. The summed E-state index contributed by atoms with van der Waals surface area (Å²) in [6, 6.07) is 10.8. The average Bonchev–Trinajstić information content (AvgIpc) is 2.71. The summed E-state index contributed by atoms with van der Waals surface area (Å²) in [7, 11) is 1.98. The summed E-state index contributed by atoms with van der Waals surface area (Å²) >= 11 is 11.2. The van der Waals surface area contributed by atoms with E-state index < -0.39 is 0 Å². The monoisotopic (exact) mass is 343 g/mol. The number of thiophene rings is 1. The fourth-order valence-electron chi connectivity index (χ4n) is 2.09. The van der Waals surface area contributed by atoms with Gasteiger partial charge in [0.25, 0.3) is 0 Å². The molecule has 0 aliphatic carbocycles. The van der Waals surface area contributed by atoms with Crippen LogP contribution in [0.3, 0.4) is 0 Å². The van der Waals surface area contributed by atoms with Crippen LogP contribution in [-0.2, 0) is 6.42 Å². The highest BCUT2D eigenvalue weighted by atomic mass is 79.9. The molecule has 0 amide bonds. The molecule has 1 aromatic heterocycles. The highest BCUT2D eigenvalue weighted by Gasteiger charge is 2.18. The number of nitrogens with one attached hydrogen (secondary N) is 1. The SMILES string of the molecule is CCc1ccccc1C(NC)c1cc(Br)c(Cl)s1. The van der Waals surface area contributed by atoms with Crippen LogP contribution in [0.1, 0.15) is 29.0 Å². The Morgan fingerprint density at radius 1 is 1.39 bits per heavy atom. The molecule has 4 heteroatoms. The summed E-state index contributed by atoms with van der Waals surface area (Å²) in [5.41, 5.74) is 2.70. The van der Waals surface area contributed by atoms with Crippen LogP contribution >= 0.6 is 38.9 Å². The number of hydrogen-bond acceptors (Lipinski definition) is 2. The van der Waals surface area contributed by atoms with Crippen LogP contribution < -0.4 is 5.32 Å². The topological polar surface area (TPSA) is 12.0 Å². The Morgan fingerprint density at radius 2 is 2.11 bits per heavy atom. The highest BCUT2D eigenvalue weighted by molar-refractivity contribution is 9.10. The van der Waals surface area contributed by atoms with Gasteiger partial charge in [0.2, 0.25) is 0 Å². The first-order chi connectivity index (χ1) is 8.67. The van der Waals surface area contributed by atoms with E-state index in [9.17, 15) is 0 Å². The molecule has 0 fully saturated rings. The van der Waals surface area contributed by atoms with Crippen molar-refractivity contribution in [1.29, 1.82) is 0 Å². The van der Waals surface area contributed by atoms with Crippen LogP contribution in [0, 0.1) is 0 Å². The lowest BCUT2D eigenvalue weighted by Gasteiger charge is -2.18. The summed E-state index contributed by atoms with van der Waals surface area (Å²) in [5.74, 6) is 0. The van der Waals surface area contributed by atoms with Crippen molar-refractivity contribution in [3.8, 4) is 0 Å². The Morgan fingerprint density at radius 3 is 2.67 bits per heavy atom. The Bertz CT molecular complexity index is 519. The van der Waals surface area contributed by atoms with Crippen molar-refractivity contribution < 1.29 is 0 Å². The molecule has 18 heavy (non-hydrogen) atoms. The Hall–Kier alpha value is -0.350. The largest absolute Gasteiger partial charge is 0.309 e. The van der Waals surface area contributed by atoms with E-state index in [-0.39, 0.29) is 6.04 Å². The maximum atomic E-state index is 6.14.